The van der Waals surface area contributed by atoms with Crippen molar-refractivity contribution in [2.75, 3.05) is 0 Å². The van der Waals surface area contributed by atoms with Crippen LogP contribution in [0.2, 0.25) is 4.34 Å². The zero-order valence-electron chi connectivity index (χ0n) is 5.24. The number of nitrogens with two attached hydrogens (primary N) is 1. The summed E-state index contributed by atoms with van der Waals surface area (Å²) in [6, 6.07) is 1.45. The van der Waals surface area contributed by atoms with Crippen LogP contribution in [0, 0.1) is 4.78 Å². The third kappa shape index (κ3) is 2.96. The Morgan fingerprint density at radius 3 is 2.45 bits per heavy atom. The fraction of sp³-hybridized carbons (Fsp3) is 0. The molecule has 0 fully saturated rings. The van der Waals surface area contributed by atoms with E-state index in [9.17, 15) is 4.21 Å². The molecule has 3 nitrogen and oxygen atoms in total. The smallest absolute Gasteiger partial charge is 0.132 e. The largest absolute Gasteiger partial charge is 0.241 e. The van der Waals surface area contributed by atoms with Crippen molar-refractivity contribution < 1.29 is 4.21 Å². The van der Waals surface area contributed by atoms with E-state index in [1.165, 1.54) is 22.8 Å². The molecule has 1 heterocycles. The predicted molar refractivity (Wildman–Crippen MR) is 49.9 cm³/mol. The van der Waals surface area contributed by atoms with Crippen molar-refractivity contribution in [2.45, 2.75) is 4.90 Å². The number of rotatable bonds is 1. The number of nitrogens with one attached hydrogen (secondary N) is 1. The van der Waals surface area contributed by atoms with Gasteiger partial charge in [-0.3, -0.25) is 0 Å². The summed E-state index contributed by atoms with van der Waals surface area (Å²) in [6.07, 6.45) is 0. The van der Waals surface area contributed by atoms with E-state index in [2.05, 4.69) is 0 Å². The van der Waals surface area contributed by atoms with Gasteiger partial charge in [0.25, 0.3) is 0 Å². The van der Waals surface area contributed by atoms with Gasteiger partial charge in [-0.1, -0.05) is 11.6 Å². The molecule has 1 atom stereocenters. The molecular weight excluding hydrogens is 227 g/mol. The lowest BCUT2D eigenvalue weighted by Gasteiger charge is -1.91. The van der Waals surface area contributed by atoms with Gasteiger partial charge in [-0.05, 0) is 6.07 Å². The lowest BCUT2D eigenvalue weighted by Crippen LogP contribution is -2.08. The Labute approximate surface area is 80.1 Å². The Hall–Kier alpha value is 0.190. The first-order valence-corrected chi connectivity index (χ1v) is 5.18. The second-order valence-electron chi connectivity index (χ2n) is 1.69. The van der Waals surface area contributed by atoms with Crippen LogP contribution in [0.4, 0.5) is 0 Å². The SMILES string of the molecule is Cl.N=S(N)(=O)c1csc(Cl)c1. The highest BCUT2D eigenvalue weighted by Gasteiger charge is 2.04. The molecule has 1 aromatic rings. The maximum absolute atomic E-state index is 10.8. The summed E-state index contributed by atoms with van der Waals surface area (Å²) in [7, 11) is -3.06. The molecule has 0 saturated heterocycles. The van der Waals surface area contributed by atoms with Crippen molar-refractivity contribution in [3.8, 4) is 0 Å². The molecule has 1 unspecified atom stereocenters. The van der Waals surface area contributed by atoms with Crippen molar-refractivity contribution in [3.05, 3.63) is 15.8 Å². The molecule has 7 heteroatoms. The average Bonchev–Trinajstić information content (AvgIpc) is 2.11. The highest BCUT2D eigenvalue weighted by Crippen LogP contribution is 2.22. The summed E-state index contributed by atoms with van der Waals surface area (Å²) in [5.74, 6) is 0. The van der Waals surface area contributed by atoms with Gasteiger partial charge < -0.3 is 0 Å². The molecule has 0 aliphatic heterocycles. The normalized spacial score (nSPS) is 15.1. The van der Waals surface area contributed by atoms with E-state index in [0.29, 0.717) is 9.23 Å². The number of thiophene rings is 1. The van der Waals surface area contributed by atoms with Gasteiger partial charge in [0, 0.05) is 5.38 Å². The van der Waals surface area contributed by atoms with Gasteiger partial charge in [0.2, 0.25) is 0 Å². The van der Waals surface area contributed by atoms with Crippen LogP contribution in [0.1, 0.15) is 0 Å². The van der Waals surface area contributed by atoms with Crippen LogP contribution in [0.15, 0.2) is 16.3 Å². The minimum absolute atomic E-state index is 0. The maximum atomic E-state index is 10.8. The lowest BCUT2D eigenvalue weighted by atomic mass is 10.7. The zero-order chi connectivity index (χ0) is 7.78. The number of hydrogen-bond acceptors (Lipinski definition) is 3. The van der Waals surface area contributed by atoms with Crippen molar-refractivity contribution in [3.63, 3.8) is 0 Å². The van der Waals surface area contributed by atoms with Gasteiger partial charge in [-0.2, -0.15) is 0 Å². The van der Waals surface area contributed by atoms with E-state index in [1.54, 1.807) is 0 Å². The fourth-order valence-corrected chi connectivity index (χ4v) is 2.34. The molecule has 3 N–H and O–H groups in total. The molecule has 1 aromatic heterocycles. The van der Waals surface area contributed by atoms with E-state index >= 15 is 0 Å². The summed E-state index contributed by atoms with van der Waals surface area (Å²) in [5, 5.41) is 6.54. The number of hydrogen-bond donors (Lipinski definition) is 2. The third-order valence-corrected chi connectivity index (χ3v) is 3.07. The standard InChI is InChI=1S/C4H5ClN2OS2.ClH/c5-4-1-3(2-9-4)10(6,7)8;/h1-2H,(H3,6,7,8);1H. The summed E-state index contributed by atoms with van der Waals surface area (Å²) in [5.41, 5.74) is 0. The molecule has 64 valence electrons. The first-order chi connectivity index (χ1) is 4.50. The molecule has 0 aliphatic rings. The van der Waals surface area contributed by atoms with Gasteiger partial charge in [0.1, 0.15) is 9.92 Å². The highest BCUT2D eigenvalue weighted by molar-refractivity contribution is 7.90. The van der Waals surface area contributed by atoms with E-state index in [4.69, 9.17) is 21.5 Å². The topological polar surface area (TPSA) is 66.9 Å². The predicted octanol–water partition coefficient (Wildman–Crippen LogP) is 2.10. The van der Waals surface area contributed by atoms with Gasteiger partial charge in [-0.25, -0.2) is 14.1 Å². The van der Waals surface area contributed by atoms with Crippen LogP contribution in [0.5, 0.6) is 0 Å². The summed E-state index contributed by atoms with van der Waals surface area (Å²) in [6.45, 7) is 0. The molecule has 0 radical (unpaired) electrons. The van der Waals surface area contributed by atoms with Gasteiger partial charge in [0.15, 0.2) is 0 Å². The molecule has 0 amide bonds. The average molecular weight is 233 g/mol. The third-order valence-electron chi connectivity index (χ3n) is 0.894. The van der Waals surface area contributed by atoms with Gasteiger partial charge in [-0.15, -0.1) is 23.7 Å². The zero-order valence-corrected chi connectivity index (χ0v) is 8.45. The second-order valence-corrected chi connectivity index (χ2v) is 4.90. The number of halogens is 2. The molecular formula is C4H6Cl2N2OS2. The quantitative estimate of drug-likeness (QED) is 0.766. The second kappa shape index (κ2) is 3.73. The van der Waals surface area contributed by atoms with E-state index in [1.807, 2.05) is 0 Å². The molecule has 0 spiro atoms. The Kier molecular flexibility index (Phi) is 3.79. The van der Waals surface area contributed by atoms with E-state index < -0.39 is 9.92 Å². The summed E-state index contributed by atoms with van der Waals surface area (Å²) >= 11 is 6.74. The van der Waals surface area contributed by atoms with Crippen LogP contribution in [0.3, 0.4) is 0 Å². The molecule has 1 rings (SSSR count). The fourth-order valence-electron chi connectivity index (χ4n) is 0.453. The molecule has 0 bridgehead atoms. The van der Waals surface area contributed by atoms with Crippen LogP contribution >= 0.6 is 35.3 Å². The first kappa shape index (κ1) is 11.2. The van der Waals surface area contributed by atoms with Gasteiger partial charge >= 0.3 is 0 Å². The lowest BCUT2D eigenvalue weighted by molar-refractivity contribution is 0.676. The minimum Gasteiger partial charge on any atom is -0.241 e. The molecule has 11 heavy (non-hydrogen) atoms. The van der Waals surface area contributed by atoms with E-state index in [-0.39, 0.29) is 12.4 Å². The van der Waals surface area contributed by atoms with Crippen molar-refractivity contribution in [2.24, 2.45) is 5.14 Å². The Morgan fingerprint density at radius 1 is 1.73 bits per heavy atom. The van der Waals surface area contributed by atoms with Crippen molar-refractivity contribution in [1.82, 2.24) is 0 Å². The van der Waals surface area contributed by atoms with Crippen LogP contribution in [-0.4, -0.2) is 4.21 Å². The Bertz CT molecular complexity index is 332. The van der Waals surface area contributed by atoms with Crippen molar-refractivity contribution in [1.29, 1.82) is 4.78 Å². The highest BCUT2D eigenvalue weighted by atomic mass is 35.5. The van der Waals surface area contributed by atoms with Crippen LogP contribution in [0.25, 0.3) is 0 Å². The Balaban J connectivity index is 0.000001000. The molecule has 0 aromatic carbocycles. The first-order valence-electron chi connectivity index (χ1n) is 2.31. The van der Waals surface area contributed by atoms with Crippen LogP contribution in [-0.2, 0) is 9.92 Å². The van der Waals surface area contributed by atoms with Crippen LogP contribution < -0.4 is 5.14 Å². The van der Waals surface area contributed by atoms with Gasteiger partial charge in [0.05, 0.1) is 9.23 Å². The minimum atomic E-state index is -3.06. The molecule has 0 saturated carbocycles. The Morgan fingerprint density at radius 2 is 2.27 bits per heavy atom. The maximum Gasteiger partial charge on any atom is 0.132 e. The molecule has 0 aliphatic carbocycles. The van der Waals surface area contributed by atoms with Crippen molar-refractivity contribution >= 4 is 45.3 Å². The summed E-state index contributed by atoms with van der Waals surface area (Å²) < 4.78 is 18.2. The summed E-state index contributed by atoms with van der Waals surface area (Å²) in [4.78, 5) is 0.294. The van der Waals surface area contributed by atoms with E-state index in [0.717, 1.165) is 0 Å². The monoisotopic (exact) mass is 232 g/mol.